The molecule has 0 fully saturated rings. The van der Waals surface area contributed by atoms with E-state index in [-0.39, 0.29) is 17.2 Å². The van der Waals surface area contributed by atoms with Crippen molar-refractivity contribution in [1.29, 1.82) is 0 Å². The van der Waals surface area contributed by atoms with Gasteiger partial charge in [0.05, 0.1) is 18.4 Å². The maximum Gasteiger partial charge on any atom is 0.255 e. The summed E-state index contributed by atoms with van der Waals surface area (Å²) >= 11 is 5.43. The van der Waals surface area contributed by atoms with Crippen LogP contribution in [0.15, 0.2) is 18.5 Å². The lowest BCUT2D eigenvalue weighted by Crippen LogP contribution is -2.25. The van der Waals surface area contributed by atoms with Crippen LogP contribution in [-0.2, 0) is 4.74 Å². The second kappa shape index (κ2) is 7.86. The number of aromatic nitrogens is 1. The van der Waals surface area contributed by atoms with Gasteiger partial charge in [0.2, 0.25) is 0 Å². The SMILES string of the molecule is O=C(NCCCOCCCl)c1ccncc1O. The van der Waals surface area contributed by atoms with E-state index in [4.69, 9.17) is 16.3 Å². The zero-order valence-corrected chi connectivity index (χ0v) is 10.1. The van der Waals surface area contributed by atoms with Gasteiger partial charge in [0.1, 0.15) is 5.75 Å². The third kappa shape index (κ3) is 5.01. The lowest BCUT2D eigenvalue weighted by Gasteiger charge is -2.06. The Morgan fingerprint density at radius 3 is 3.06 bits per heavy atom. The van der Waals surface area contributed by atoms with Gasteiger partial charge in [-0.05, 0) is 12.5 Å². The van der Waals surface area contributed by atoms with Crippen LogP contribution >= 0.6 is 11.6 Å². The molecular formula is C11H15ClN2O3. The molecule has 0 radical (unpaired) electrons. The lowest BCUT2D eigenvalue weighted by molar-refractivity contribution is 0.0941. The number of carbonyl (C=O) groups is 1. The highest BCUT2D eigenvalue weighted by Gasteiger charge is 2.09. The first kappa shape index (κ1) is 13.7. The van der Waals surface area contributed by atoms with Crippen molar-refractivity contribution < 1.29 is 14.6 Å². The molecule has 1 aromatic heterocycles. The molecular weight excluding hydrogens is 244 g/mol. The fourth-order valence-corrected chi connectivity index (χ4v) is 1.32. The first-order valence-electron chi connectivity index (χ1n) is 5.30. The molecule has 0 aliphatic rings. The Bertz CT molecular complexity index is 360. The average molecular weight is 259 g/mol. The third-order valence-electron chi connectivity index (χ3n) is 2.02. The molecule has 94 valence electrons. The number of alkyl halides is 1. The smallest absolute Gasteiger partial charge is 0.255 e. The quantitative estimate of drug-likeness (QED) is 0.569. The Morgan fingerprint density at radius 1 is 1.53 bits per heavy atom. The molecule has 2 N–H and O–H groups in total. The van der Waals surface area contributed by atoms with Crippen LogP contribution in [0, 0.1) is 0 Å². The second-order valence-corrected chi connectivity index (χ2v) is 3.68. The first-order valence-corrected chi connectivity index (χ1v) is 5.84. The largest absolute Gasteiger partial charge is 0.505 e. The van der Waals surface area contributed by atoms with Gasteiger partial charge in [0, 0.05) is 25.2 Å². The normalized spacial score (nSPS) is 10.2. The minimum absolute atomic E-state index is 0.122. The van der Waals surface area contributed by atoms with Crippen LogP contribution < -0.4 is 5.32 Å². The summed E-state index contributed by atoms with van der Waals surface area (Å²) in [6.07, 6.45) is 3.39. The van der Waals surface area contributed by atoms with Crippen LogP contribution in [0.4, 0.5) is 0 Å². The lowest BCUT2D eigenvalue weighted by atomic mass is 10.2. The Labute approximate surface area is 105 Å². The maximum atomic E-state index is 11.6. The molecule has 17 heavy (non-hydrogen) atoms. The van der Waals surface area contributed by atoms with Gasteiger partial charge in [-0.2, -0.15) is 0 Å². The van der Waals surface area contributed by atoms with Crippen molar-refractivity contribution in [2.24, 2.45) is 0 Å². The number of ether oxygens (including phenoxy) is 1. The molecule has 1 aromatic rings. The molecule has 0 saturated carbocycles. The number of nitrogens with one attached hydrogen (secondary N) is 1. The summed E-state index contributed by atoms with van der Waals surface area (Å²) in [5.41, 5.74) is 0.224. The molecule has 0 saturated heterocycles. The van der Waals surface area contributed by atoms with E-state index in [9.17, 15) is 9.90 Å². The molecule has 1 rings (SSSR count). The van der Waals surface area contributed by atoms with E-state index in [2.05, 4.69) is 10.3 Å². The van der Waals surface area contributed by atoms with Crippen LogP contribution in [0.2, 0.25) is 0 Å². The third-order valence-corrected chi connectivity index (χ3v) is 2.17. The van der Waals surface area contributed by atoms with E-state index < -0.39 is 0 Å². The summed E-state index contributed by atoms with van der Waals surface area (Å²) in [4.78, 5) is 15.3. The Kier molecular flexibility index (Phi) is 6.35. The van der Waals surface area contributed by atoms with Gasteiger partial charge in [-0.25, -0.2) is 0 Å². The van der Waals surface area contributed by atoms with Crippen molar-refractivity contribution in [2.75, 3.05) is 25.6 Å². The monoisotopic (exact) mass is 258 g/mol. The number of carbonyl (C=O) groups excluding carboxylic acids is 1. The van der Waals surface area contributed by atoms with Crippen LogP contribution in [-0.4, -0.2) is 41.6 Å². The zero-order valence-electron chi connectivity index (χ0n) is 9.36. The van der Waals surface area contributed by atoms with E-state index >= 15 is 0 Å². The average Bonchev–Trinajstić information content (AvgIpc) is 2.34. The first-order chi connectivity index (χ1) is 8.25. The molecule has 0 unspecified atom stereocenters. The number of rotatable bonds is 7. The van der Waals surface area contributed by atoms with Crippen LogP contribution in [0.5, 0.6) is 5.75 Å². The molecule has 0 aliphatic carbocycles. The van der Waals surface area contributed by atoms with Gasteiger partial charge in [-0.1, -0.05) is 0 Å². The van der Waals surface area contributed by atoms with Gasteiger partial charge in [-0.15, -0.1) is 11.6 Å². The Balaban J connectivity index is 2.24. The summed E-state index contributed by atoms with van der Waals surface area (Å²) in [5, 5.41) is 12.1. The van der Waals surface area contributed by atoms with Crippen molar-refractivity contribution in [3.05, 3.63) is 24.0 Å². The number of hydrogen-bond donors (Lipinski definition) is 2. The Hall–Kier alpha value is -1.33. The fourth-order valence-electron chi connectivity index (χ4n) is 1.21. The van der Waals surface area contributed by atoms with Gasteiger partial charge >= 0.3 is 0 Å². The van der Waals surface area contributed by atoms with E-state index in [0.29, 0.717) is 32.1 Å². The molecule has 0 bridgehead atoms. The van der Waals surface area contributed by atoms with E-state index in [1.165, 1.54) is 18.5 Å². The zero-order chi connectivity index (χ0) is 12.5. The van der Waals surface area contributed by atoms with Gasteiger partial charge in [-0.3, -0.25) is 9.78 Å². The number of hydrogen-bond acceptors (Lipinski definition) is 4. The predicted octanol–water partition coefficient (Wildman–Crippen LogP) is 1.16. The molecule has 0 aromatic carbocycles. The summed E-state index contributed by atoms with van der Waals surface area (Å²) in [6, 6.07) is 1.47. The maximum absolute atomic E-state index is 11.6. The summed E-state index contributed by atoms with van der Waals surface area (Å²) < 4.78 is 5.15. The van der Waals surface area contributed by atoms with Crippen LogP contribution in [0.3, 0.4) is 0 Å². The van der Waals surface area contributed by atoms with Crippen molar-refractivity contribution in [2.45, 2.75) is 6.42 Å². The minimum Gasteiger partial charge on any atom is -0.505 e. The highest BCUT2D eigenvalue weighted by Crippen LogP contribution is 2.12. The van der Waals surface area contributed by atoms with E-state index in [1.54, 1.807) is 0 Å². The Morgan fingerprint density at radius 2 is 2.35 bits per heavy atom. The summed E-state index contributed by atoms with van der Waals surface area (Å²) in [6.45, 7) is 1.55. The second-order valence-electron chi connectivity index (χ2n) is 3.30. The van der Waals surface area contributed by atoms with Crippen molar-refractivity contribution in [3.8, 4) is 5.75 Å². The molecule has 0 aliphatic heterocycles. The number of pyridine rings is 1. The molecule has 0 atom stereocenters. The van der Waals surface area contributed by atoms with Crippen molar-refractivity contribution >= 4 is 17.5 Å². The number of halogens is 1. The molecule has 1 amide bonds. The van der Waals surface area contributed by atoms with Crippen LogP contribution in [0.1, 0.15) is 16.8 Å². The topological polar surface area (TPSA) is 71.5 Å². The van der Waals surface area contributed by atoms with Gasteiger partial charge < -0.3 is 15.2 Å². The molecule has 0 spiro atoms. The fraction of sp³-hybridized carbons (Fsp3) is 0.455. The molecule has 1 heterocycles. The molecule has 6 heteroatoms. The van der Waals surface area contributed by atoms with Crippen LogP contribution in [0.25, 0.3) is 0 Å². The number of amides is 1. The van der Waals surface area contributed by atoms with Gasteiger partial charge in [0.25, 0.3) is 5.91 Å². The van der Waals surface area contributed by atoms with Crippen molar-refractivity contribution in [3.63, 3.8) is 0 Å². The van der Waals surface area contributed by atoms with Crippen molar-refractivity contribution in [1.82, 2.24) is 10.3 Å². The number of nitrogens with zero attached hydrogens (tertiary/aromatic N) is 1. The van der Waals surface area contributed by atoms with Gasteiger partial charge in [0.15, 0.2) is 0 Å². The number of aromatic hydroxyl groups is 1. The highest BCUT2D eigenvalue weighted by atomic mass is 35.5. The summed E-state index contributed by atoms with van der Waals surface area (Å²) in [5.74, 6) is 0.0303. The summed E-state index contributed by atoms with van der Waals surface area (Å²) in [7, 11) is 0. The van der Waals surface area contributed by atoms with E-state index in [0.717, 1.165) is 0 Å². The standard InChI is InChI=1S/C11H15ClN2O3/c12-3-7-17-6-1-4-14-11(16)9-2-5-13-8-10(9)15/h2,5,8,15H,1,3-4,6-7H2,(H,14,16). The highest BCUT2D eigenvalue weighted by molar-refractivity contribution is 6.17. The van der Waals surface area contributed by atoms with E-state index in [1.807, 2.05) is 0 Å². The predicted molar refractivity (Wildman–Crippen MR) is 64.4 cm³/mol. The minimum atomic E-state index is -0.317. The molecule has 5 nitrogen and oxygen atoms in total.